The maximum Gasteiger partial charge on any atom is 0.224 e. The SMILES string of the molecule is N#Cc1ccc(CC(=O)NC2CCOC2C2CC2)cc1. The molecular weight excluding hydrogens is 252 g/mol. The van der Waals surface area contributed by atoms with E-state index in [0.717, 1.165) is 18.6 Å². The standard InChI is InChI=1S/C16H18N2O2/c17-10-12-3-1-11(2-4-12)9-15(19)18-14-7-8-20-16(14)13-5-6-13/h1-4,13-14,16H,5-9H2,(H,18,19). The lowest BCUT2D eigenvalue weighted by atomic mass is 10.1. The van der Waals surface area contributed by atoms with Gasteiger partial charge in [0.2, 0.25) is 5.91 Å². The van der Waals surface area contributed by atoms with E-state index in [9.17, 15) is 4.79 Å². The van der Waals surface area contributed by atoms with E-state index >= 15 is 0 Å². The van der Waals surface area contributed by atoms with Gasteiger partial charge in [-0.2, -0.15) is 5.26 Å². The number of nitriles is 1. The van der Waals surface area contributed by atoms with Crippen LogP contribution in [0.1, 0.15) is 30.4 Å². The van der Waals surface area contributed by atoms with Gasteiger partial charge in [0, 0.05) is 6.61 Å². The number of ether oxygens (including phenoxy) is 1. The maximum absolute atomic E-state index is 12.1. The molecule has 1 aromatic rings. The predicted molar refractivity (Wildman–Crippen MR) is 73.9 cm³/mol. The van der Waals surface area contributed by atoms with Gasteiger partial charge >= 0.3 is 0 Å². The number of nitrogens with zero attached hydrogens (tertiary/aromatic N) is 1. The molecule has 1 saturated heterocycles. The summed E-state index contributed by atoms with van der Waals surface area (Å²) in [6.07, 6.45) is 3.96. The largest absolute Gasteiger partial charge is 0.376 e. The second-order valence-electron chi connectivity index (χ2n) is 5.62. The van der Waals surface area contributed by atoms with Crippen LogP contribution in [0.25, 0.3) is 0 Å². The molecule has 0 bridgehead atoms. The number of amides is 1. The minimum atomic E-state index is 0.0378. The van der Waals surface area contributed by atoms with Crippen LogP contribution in [0.2, 0.25) is 0 Å². The zero-order valence-electron chi connectivity index (χ0n) is 11.3. The molecule has 1 heterocycles. The highest BCUT2D eigenvalue weighted by atomic mass is 16.5. The molecular formula is C16H18N2O2. The van der Waals surface area contributed by atoms with Crippen molar-refractivity contribution >= 4 is 5.91 Å². The first kappa shape index (κ1) is 13.1. The fourth-order valence-corrected chi connectivity index (χ4v) is 2.80. The summed E-state index contributed by atoms with van der Waals surface area (Å²) in [5, 5.41) is 11.8. The monoisotopic (exact) mass is 270 g/mol. The minimum absolute atomic E-state index is 0.0378. The molecule has 104 valence electrons. The van der Waals surface area contributed by atoms with Crippen molar-refractivity contribution in [2.75, 3.05) is 6.61 Å². The summed E-state index contributed by atoms with van der Waals surface area (Å²) in [6, 6.07) is 9.41. The third-order valence-corrected chi connectivity index (χ3v) is 4.02. The van der Waals surface area contributed by atoms with Crippen molar-refractivity contribution in [3.05, 3.63) is 35.4 Å². The van der Waals surface area contributed by atoms with Gasteiger partial charge in [0.25, 0.3) is 0 Å². The second kappa shape index (κ2) is 5.64. The Morgan fingerprint density at radius 1 is 1.30 bits per heavy atom. The minimum Gasteiger partial charge on any atom is -0.376 e. The van der Waals surface area contributed by atoms with E-state index in [2.05, 4.69) is 11.4 Å². The molecule has 1 aliphatic heterocycles. The number of rotatable bonds is 4. The predicted octanol–water partition coefficient (Wildman–Crippen LogP) is 1.78. The molecule has 20 heavy (non-hydrogen) atoms. The number of carbonyl (C=O) groups is 1. The fourth-order valence-electron chi connectivity index (χ4n) is 2.80. The summed E-state index contributed by atoms with van der Waals surface area (Å²) in [6.45, 7) is 0.753. The maximum atomic E-state index is 12.1. The molecule has 2 fully saturated rings. The van der Waals surface area contributed by atoms with E-state index in [1.807, 2.05) is 12.1 Å². The van der Waals surface area contributed by atoms with Crippen molar-refractivity contribution in [1.29, 1.82) is 5.26 Å². The first-order valence-corrected chi connectivity index (χ1v) is 7.16. The molecule has 4 nitrogen and oxygen atoms in total. The molecule has 4 heteroatoms. The third-order valence-electron chi connectivity index (χ3n) is 4.02. The zero-order valence-corrected chi connectivity index (χ0v) is 11.3. The number of benzene rings is 1. The summed E-state index contributed by atoms with van der Waals surface area (Å²) in [5.74, 6) is 0.688. The molecule has 2 unspecified atom stereocenters. The van der Waals surface area contributed by atoms with Gasteiger partial charge in [-0.1, -0.05) is 12.1 Å². The summed E-state index contributed by atoms with van der Waals surface area (Å²) in [4.78, 5) is 12.1. The Labute approximate surface area is 118 Å². The van der Waals surface area contributed by atoms with Crippen LogP contribution in [-0.4, -0.2) is 24.7 Å². The molecule has 0 radical (unpaired) electrons. The fraction of sp³-hybridized carbons (Fsp3) is 0.500. The van der Waals surface area contributed by atoms with Crippen LogP contribution in [-0.2, 0) is 16.0 Å². The second-order valence-corrected chi connectivity index (χ2v) is 5.62. The highest BCUT2D eigenvalue weighted by molar-refractivity contribution is 5.79. The third kappa shape index (κ3) is 3.00. The lowest BCUT2D eigenvalue weighted by Gasteiger charge is -2.19. The van der Waals surface area contributed by atoms with Crippen molar-refractivity contribution in [2.45, 2.75) is 37.8 Å². The van der Waals surface area contributed by atoms with E-state index in [1.54, 1.807) is 12.1 Å². The molecule has 2 atom stereocenters. The van der Waals surface area contributed by atoms with Crippen LogP contribution in [0, 0.1) is 17.2 Å². The Kier molecular flexibility index (Phi) is 3.70. The average molecular weight is 270 g/mol. The van der Waals surface area contributed by atoms with Crippen LogP contribution < -0.4 is 5.32 Å². The molecule has 1 amide bonds. The van der Waals surface area contributed by atoms with Gasteiger partial charge in [-0.25, -0.2) is 0 Å². The van der Waals surface area contributed by atoms with Crippen LogP contribution >= 0.6 is 0 Å². The van der Waals surface area contributed by atoms with Gasteiger partial charge in [-0.3, -0.25) is 4.79 Å². The summed E-state index contributed by atoms with van der Waals surface area (Å²) < 4.78 is 5.72. The Balaban J connectivity index is 1.54. The summed E-state index contributed by atoms with van der Waals surface area (Å²) in [7, 11) is 0. The first-order valence-electron chi connectivity index (χ1n) is 7.16. The Hall–Kier alpha value is -1.86. The highest BCUT2D eigenvalue weighted by Crippen LogP contribution is 2.38. The molecule has 3 rings (SSSR count). The normalized spacial score (nSPS) is 25.1. The molecule has 0 spiro atoms. The van der Waals surface area contributed by atoms with Gasteiger partial charge < -0.3 is 10.1 Å². The number of carbonyl (C=O) groups excluding carboxylic acids is 1. The lowest BCUT2D eigenvalue weighted by molar-refractivity contribution is -0.121. The average Bonchev–Trinajstić information content (AvgIpc) is 3.20. The van der Waals surface area contributed by atoms with Crippen molar-refractivity contribution in [2.24, 2.45) is 5.92 Å². The topological polar surface area (TPSA) is 62.1 Å². The zero-order chi connectivity index (χ0) is 13.9. The quantitative estimate of drug-likeness (QED) is 0.907. The molecule has 2 aliphatic rings. The molecule has 1 N–H and O–H groups in total. The molecule has 1 aromatic carbocycles. The van der Waals surface area contributed by atoms with Crippen LogP contribution in [0.3, 0.4) is 0 Å². The van der Waals surface area contributed by atoms with Crippen LogP contribution in [0.4, 0.5) is 0 Å². The van der Waals surface area contributed by atoms with E-state index in [-0.39, 0.29) is 18.1 Å². The van der Waals surface area contributed by atoms with E-state index in [1.165, 1.54) is 12.8 Å². The molecule has 1 saturated carbocycles. The summed E-state index contributed by atoms with van der Waals surface area (Å²) >= 11 is 0. The Bertz CT molecular complexity index is 528. The van der Waals surface area contributed by atoms with Gasteiger partial charge in [-0.15, -0.1) is 0 Å². The van der Waals surface area contributed by atoms with Gasteiger partial charge in [0.05, 0.1) is 30.2 Å². The highest BCUT2D eigenvalue weighted by Gasteiger charge is 2.41. The van der Waals surface area contributed by atoms with Crippen molar-refractivity contribution in [3.8, 4) is 6.07 Å². The van der Waals surface area contributed by atoms with Crippen molar-refractivity contribution < 1.29 is 9.53 Å². The van der Waals surface area contributed by atoms with Gasteiger partial charge in [0.1, 0.15) is 0 Å². The Morgan fingerprint density at radius 2 is 2.05 bits per heavy atom. The van der Waals surface area contributed by atoms with E-state index in [4.69, 9.17) is 10.00 Å². The van der Waals surface area contributed by atoms with Crippen molar-refractivity contribution in [1.82, 2.24) is 5.32 Å². The van der Waals surface area contributed by atoms with Crippen LogP contribution in [0.5, 0.6) is 0 Å². The van der Waals surface area contributed by atoms with Gasteiger partial charge in [0.15, 0.2) is 0 Å². The summed E-state index contributed by atoms with van der Waals surface area (Å²) in [5.41, 5.74) is 1.55. The number of hydrogen-bond acceptors (Lipinski definition) is 3. The van der Waals surface area contributed by atoms with Gasteiger partial charge in [-0.05, 0) is 42.9 Å². The van der Waals surface area contributed by atoms with Crippen LogP contribution in [0.15, 0.2) is 24.3 Å². The lowest BCUT2D eigenvalue weighted by Crippen LogP contribution is -2.42. The van der Waals surface area contributed by atoms with Crippen molar-refractivity contribution in [3.63, 3.8) is 0 Å². The first-order chi connectivity index (χ1) is 9.76. The molecule has 0 aromatic heterocycles. The van der Waals surface area contributed by atoms with E-state index < -0.39 is 0 Å². The number of nitrogens with one attached hydrogen (secondary N) is 1. The Morgan fingerprint density at radius 3 is 2.70 bits per heavy atom. The smallest absolute Gasteiger partial charge is 0.224 e. The van der Waals surface area contributed by atoms with E-state index in [0.29, 0.717) is 17.9 Å². The number of hydrogen-bond donors (Lipinski definition) is 1. The molecule has 1 aliphatic carbocycles.